The smallest absolute Gasteiger partial charge is 0.331 e. The van der Waals surface area contributed by atoms with Crippen molar-refractivity contribution in [2.75, 3.05) is 19.0 Å². The molecule has 4 heteroatoms. The molecule has 2 rings (SSSR count). The summed E-state index contributed by atoms with van der Waals surface area (Å²) < 4.78 is 10.4. The highest BCUT2D eigenvalue weighted by atomic mass is 16.5. The van der Waals surface area contributed by atoms with Gasteiger partial charge < -0.3 is 14.8 Å². The molecule has 1 aromatic rings. The predicted molar refractivity (Wildman–Crippen MR) is 79.0 cm³/mol. The van der Waals surface area contributed by atoms with Gasteiger partial charge in [0.15, 0.2) is 0 Å². The molecule has 0 radical (unpaired) electrons. The van der Waals surface area contributed by atoms with E-state index in [0.717, 1.165) is 30.7 Å². The standard InChI is InChI=1S/C16H23NO3/c1-4-20-15(18)16(10-9-12(2)11-16)17-13-5-7-14(19-3)8-6-13/h5-8,12,17H,4,9-11H2,1-3H3. The molecule has 0 saturated heterocycles. The first-order valence-corrected chi connectivity index (χ1v) is 7.19. The van der Waals surface area contributed by atoms with Gasteiger partial charge in [0.1, 0.15) is 11.3 Å². The Kier molecular flexibility index (Phi) is 4.53. The fourth-order valence-corrected chi connectivity index (χ4v) is 2.86. The van der Waals surface area contributed by atoms with Gasteiger partial charge in [-0.05, 0) is 56.4 Å². The van der Waals surface area contributed by atoms with Gasteiger partial charge in [0.05, 0.1) is 13.7 Å². The van der Waals surface area contributed by atoms with Gasteiger partial charge in [0.25, 0.3) is 0 Å². The quantitative estimate of drug-likeness (QED) is 0.839. The summed E-state index contributed by atoms with van der Waals surface area (Å²) in [5, 5.41) is 3.39. The van der Waals surface area contributed by atoms with Crippen LogP contribution < -0.4 is 10.1 Å². The maximum absolute atomic E-state index is 12.3. The van der Waals surface area contributed by atoms with Crippen molar-refractivity contribution >= 4 is 11.7 Å². The first-order valence-electron chi connectivity index (χ1n) is 7.19. The zero-order valence-electron chi connectivity index (χ0n) is 12.4. The molecule has 1 aliphatic carbocycles. The molecule has 0 spiro atoms. The van der Waals surface area contributed by atoms with Crippen molar-refractivity contribution in [3.63, 3.8) is 0 Å². The molecular formula is C16H23NO3. The van der Waals surface area contributed by atoms with Crippen LogP contribution in [0.2, 0.25) is 0 Å². The van der Waals surface area contributed by atoms with Crippen LogP contribution in [0.25, 0.3) is 0 Å². The monoisotopic (exact) mass is 277 g/mol. The van der Waals surface area contributed by atoms with E-state index in [4.69, 9.17) is 9.47 Å². The zero-order chi connectivity index (χ0) is 14.6. The summed E-state index contributed by atoms with van der Waals surface area (Å²) in [5.74, 6) is 1.20. The Morgan fingerprint density at radius 3 is 2.60 bits per heavy atom. The lowest BCUT2D eigenvalue weighted by molar-refractivity contribution is -0.148. The number of anilines is 1. The highest BCUT2D eigenvalue weighted by Crippen LogP contribution is 2.38. The van der Waals surface area contributed by atoms with Gasteiger partial charge in [0.2, 0.25) is 0 Å². The average molecular weight is 277 g/mol. The first kappa shape index (κ1) is 14.7. The van der Waals surface area contributed by atoms with E-state index in [1.807, 2.05) is 31.2 Å². The molecule has 0 aliphatic heterocycles. The van der Waals surface area contributed by atoms with E-state index in [1.165, 1.54) is 0 Å². The lowest BCUT2D eigenvalue weighted by Gasteiger charge is -2.29. The molecule has 2 unspecified atom stereocenters. The van der Waals surface area contributed by atoms with Crippen LogP contribution in [0.4, 0.5) is 5.69 Å². The molecule has 0 bridgehead atoms. The molecule has 20 heavy (non-hydrogen) atoms. The normalized spacial score (nSPS) is 25.2. The molecule has 0 heterocycles. The van der Waals surface area contributed by atoms with Gasteiger partial charge in [-0.1, -0.05) is 6.92 Å². The molecule has 1 fully saturated rings. The largest absolute Gasteiger partial charge is 0.497 e. The van der Waals surface area contributed by atoms with Gasteiger partial charge in [-0.2, -0.15) is 0 Å². The zero-order valence-corrected chi connectivity index (χ0v) is 12.4. The van der Waals surface area contributed by atoms with Crippen LogP contribution in [0.15, 0.2) is 24.3 Å². The third-order valence-corrected chi connectivity index (χ3v) is 3.90. The van der Waals surface area contributed by atoms with E-state index in [9.17, 15) is 4.79 Å². The molecule has 1 saturated carbocycles. The second-order valence-corrected chi connectivity index (χ2v) is 5.50. The summed E-state index contributed by atoms with van der Waals surface area (Å²) in [6.45, 7) is 4.44. The van der Waals surface area contributed by atoms with Crippen LogP contribution in [-0.2, 0) is 9.53 Å². The highest BCUT2D eigenvalue weighted by Gasteiger charge is 2.45. The molecule has 1 N–H and O–H groups in total. The number of nitrogens with one attached hydrogen (secondary N) is 1. The number of carbonyl (C=O) groups is 1. The predicted octanol–water partition coefficient (Wildman–Crippen LogP) is 3.23. The number of rotatable bonds is 5. The minimum Gasteiger partial charge on any atom is -0.497 e. The van der Waals surface area contributed by atoms with E-state index in [2.05, 4.69) is 12.2 Å². The topological polar surface area (TPSA) is 47.6 Å². The number of methoxy groups -OCH3 is 1. The number of hydrogen-bond acceptors (Lipinski definition) is 4. The van der Waals surface area contributed by atoms with E-state index >= 15 is 0 Å². The van der Waals surface area contributed by atoms with Crippen molar-refractivity contribution in [1.82, 2.24) is 0 Å². The number of hydrogen-bond donors (Lipinski definition) is 1. The van der Waals surface area contributed by atoms with E-state index in [0.29, 0.717) is 12.5 Å². The molecule has 0 amide bonds. The van der Waals surface area contributed by atoms with Crippen LogP contribution in [0.3, 0.4) is 0 Å². The minimum absolute atomic E-state index is 0.139. The second kappa shape index (κ2) is 6.16. The van der Waals surface area contributed by atoms with Crippen molar-refractivity contribution in [1.29, 1.82) is 0 Å². The van der Waals surface area contributed by atoms with Crippen molar-refractivity contribution in [2.45, 2.75) is 38.6 Å². The molecular weight excluding hydrogens is 254 g/mol. The SMILES string of the molecule is CCOC(=O)C1(Nc2ccc(OC)cc2)CCC(C)C1. The summed E-state index contributed by atoms with van der Waals surface area (Å²) >= 11 is 0. The number of benzene rings is 1. The number of ether oxygens (including phenoxy) is 2. The Hall–Kier alpha value is -1.71. The lowest BCUT2D eigenvalue weighted by atomic mass is 9.95. The fourth-order valence-electron chi connectivity index (χ4n) is 2.86. The van der Waals surface area contributed by atoms with Gasteiger partial charge in [-0.15, -0.1) is 0 Å². The molecule has 1 aliphatic rings. The Bertz CT molecular complexity index is 457. The Morgan fingerprint density at radius 2 is 2.10 bits per heavy atom. The first-order chi connectivity index (χ1) is 9.59. The van der Waals surface area contributed by atoms with Crippen LogP contribution in [0, 0.1) is 5.92 Å². The summed E-state index contributed by atoms with van der Waals surface area (Å²) in [7, 11) is 1.64. The summed E-state index contributed by atoms with van der Waals surface area (Å²) in [6.07, 6.45) is 2.68. The third kappa shape index (κ3) is 3.06. The van der Waals surface area contributed by atoms with Crippen LogP contribution in [0.5, 0.6) is 5.75 Å². The summed E-state index contributed by atoms with van der Waals surface area (Å²) in [4.78, 5) is 12.3. The number of esters is 1. The molecule has 2 atom stereocenters. The average Bonchev–Trinajstić information content (AvgIpc) is 2.82. The Morgan fingerprint density at radius 1 is 1.40 bits per heavy atom. The fraction of sp³-hybridized carbons (Fsp3) is 0.562. The van der Waals surface area contributed by atoms with Crippen molar-refractivity contribution in [3.8, 4) is 5.75 Å². The van der Waals surface area contributed by atoms with Gasteiger partial charge in [-0.25, -0.2) is 4.79 Å². The molecule has 0 aromatic heterocycles. The summed E-state index contributed by atoms with van der Waals surface area (Å²) in [6, 6.07) is 7.64. The highest BCUT2D eigenvalue weighted by molar-refractivity contribution is 5.85. The third-order valence-electron chi connectivity index (χ3n) is 3.90. The summed E-state index contributed by atoms with van der Waals surface area (Å²) in [5.41, 5.74) is 0.345. The number of carbonyl (C=O) groups excluding carboxylic acids is 1. The lowest BCUT2D eigenvalue weighted by Crippen LogP contribution is -2.45. The Labute approximate surface area is 120 Å². The molecule has 4 nitrogen and oxygen atoms in total. The van der Waals surface area contributed by atoms with Crippen molar-refractivity contribution in [2.24, 2.45) is 5.92 Å². The van der Waals surface area contributed by atoms with Crippen molar-refractivity contribution in [3.05, 3.63) is 24.3 Å². The second-order valence-electron chi connectivity index (χ2n) is 5.50. The van der Waals surface area contributed by atoms with Gasteiger partial charge in [-0.3, -0.25) is 0 Å². The maximum Gasteiger partial charge on any atom is 0.331 e. The van der Waals surface area contributed by atoms with E-state index in [1.54, 1.807) is 7.11 Å². The Balaban J connectivity index is 2.17. The van der Waals surface area contributed by atoms with Crippen LogP contribution in [-0.4, -0.2) is 25.2 Å². The van der Waals surface area contributed by atoms with Crippen molar-refractivity contribution < 1.29 is 14.3 Å². The van der Waals surface area contributed by atoms with Crippen LogP contribution >= 0.6 is 0 Å². The maximum atomic E-state index is 12.3. The van der Waals surface area contributed by atoms with E-state index < -0.39 is 5.54 Å². The van der Waals surface area contributed by atoms with Crippen LogP contribution in [0.1, 0.15) is 33.1 Å². The van der Waals surface area contributed by atoms with E-state index in [-0.39, 0.29) is 5.97 Å². The minimum atomic E-state index is -0.579. The van der Waals surface area contributed by atoms with Gasteiger partial charge >= 0.3 is 5.97 Å². The van der Waals surface area contributed by atoms with Gasteiger partial charge in [0, 0.05) is 5.69 Å². The molecule has 110 valence electrons. The molecule has 1 aromatic carbocycles.